The number of unbranched alkanes of at least 4 members (excludes halogenated alkanes) is 4. The summed E-state index contributed by atoms with van der Waals surface area (Å²) in [6.07, 6.45) is 14.1. The zero-order valence-corrected chi connectivity index (χ0v) is 20.6. The lowest BCUT2D eigenvalue weighted by Gasteiger charge is -2.16. The Morgan fingerprint density at radius 2 is 1.97 bits per heavy atom. The van der Waals surface area contributed by atoms with Gasteiger partial charge >= 0.3 is 5.97 Å². The molecule has 1 aliphatic carbocycles. The number of aliphatic carboxylic acids is 1. The van der Waals surface area contributed by atoms with Crippen LogP contribution in [0.15, 0.2) is 24.3 Å². The summed E-state index contributed by atoms with van der Waals surface area (Å²) in [5, 5.41) is 38.1. The zero-order valence-electron chi connectivity index (χ0n) is 20.6. The molecule has 1 rings (SSSR count). The number of carboxylic acids is 1. The minimum atomic E-state index is -0.801. The van der Waals surface area contributed by atoms with Crippen LogP contribution in [0.1, 0.15) is 77.6 Å². The average molecular weight is 483 g/mol. The molecule has 9 heteroatoms. The molecule has 0 unspecified atom stereocenters. The number of Topliss-reactive ketones (excluding diaryl/α,β-unsaturated/α-hetero) is 1. The highest BCUT2D eigenvalue weighted by Gasteiger charge is 2.39. The summed E-state index contributed by atoms with van der Waals surface area (Å²) < 4.78 is 0. The number of guanidine groups is 1. The molecule has 1 saturated carbocycles. The molecular formula is C25H46N4O5. The number of aliphatic hydroxyl groups is 2. The first-order valence-electron chi connectivity index (χ1n) is 12.4. The van der Waals surface area contributed by atoms with E-state index in [1.54, 1.807) is 12.2 Å². The highest BCUT2D eigenvalue weighted by atomic mass is 16.4. The standard InChI is InChI=1S/C20H32O5.C5H14N4/c1-2-3-6-9-15(21)12-13-17-16(18(22)14-19(17)23)10-7-4-5-8-11-20(24)25;6-3-1-2-4-9-5(7)8/h4,7,12-13,15-17,19,21,23H,2-3,5-6,8-11,14H2,1H3,(H,24,25);1-4,6H2,(H4,7,8,9)/b7-4-,13-12+;/t15-,16+,17+,19+;/m0./s1. The molecular weight excluding hydrogens is 436 g/mol. The summed E-state index contributed by atoms with van der Waals surface area (Å²) in [7, 11) is 0. The normalized spacial score (nSPS) is 20.9. The average Bonchev–Trinajstić information content (AvgIpc) is 3.04. The van der Waals surface area contributed by atoms with Crippen LogP contribution in [0.2, 0.25) is 0 Å². The molecule has 4 atom stereocenters. The van der Waals surface area contributed by atoms with Gasteiger partial charge < -0.3 is 32.1 Å². The second-order valence-electron chi connectivity index (χ2n) is 8.70. The predicted octanol–water partition coefficient (Wildman–Crippen LogP) is 2.46. The number of nitrogens with two attached hydrogens (primary N) is 2. The maximum Gasteiger partial charge on any atom is 0.303 e. The number of ketones is 1. The van der Waals surface area contributed by atoms with Gasteiger partial charge in [0, 0.05) is 31.2 Å². The van der Waals surface area contributed by atoms with E-state index in [1.807, 2.05) is 12.2 Å². The van der Waals surface area contributed by atoms with E-state index in [9.17, 15) is 19.8 Å². The molecule has 0 spiro atoms. The van der Waals surface area contributed by atoms with Gasteiger partial charge in [0.2, 0.25) is 0 Å². The maximum absolute atomic E-state index is 12.1. The van der Waals surface area contributed by atoms with E-state index in [0.717, 1.165) is 38.6 Å². The Morgan fingerprint density at radius 1 is 1.24 bits per heavy atom. The molecule has 196 valence electrons. The van der Waals surface area contributed by atoms with Crippen molar-refractivity contribution in [1.29, 1.82) is 5.41 Å². The van der Waals surface area contributed by atoms with Crippen molar-refractivity contribution >= 4 is 17.7 Å². The Kier molecular flexibility index (Phi) is 18.8. The molecule has 0 aromatic carbocycles. The molecule has 1 aliphatic rings. The van der Waals surface area contributed by atoms with Crippen molar-refractivity contribution in [3.63, 3.8) is 0 Å². The van der Waals surface area contributed by atoms with Gasteiger partial charge in [-0.15, -0.1) is 0 Å². The van der Waals surface area contributed by atoms with E-state index < -0.39 is 18.2 Å². The van der Waals surface area contributed by atoms with Gasteiger partial charge in [-0.25, -0.2) is 0 Å². The van der Waals surface area contributed by atoms with Gasteiger partial charge in [0.05, 0.1) is 12.2 Å². The van der Waals surface area contributed by atoms with Crippen molar-refractivity contribution in [3.8, 4) is 0 Å². The Morgan fingerprint density at radius 3 is 2.59 bits per heavy atom. The Labute approximate surface area is 204 Å². The minimum Gasteiger partial charge on any atom is -0.481 e. The summed E-state index contributed by atoms with van der Waals surface area (Å²) in [5.41, 5.74) is 10.2. The summed E-state index contributed by atoms with van der Waals surface area (Å²) in [4.78, 5) is 22.5. The molecule has 0 radical (unpaired) electrons. The Balaban J connectivity index is 0.00000102. The fraction of sp³-hybridized carbons (Fsp3) is 0.720. The van der Waals surface area contributed by atoms with E-state index in [0.29, 0.717) is 32.2 Å². The Bertz CT molecular complexity index is 639. The smallest absolute Gasteiger partial charge is 0.303 e. The number of nitrogens with one attached hydrogen (secondary N) is 2. The summed E-state index contributed by atoms with van der Waals surface area (Å²) >= 11 is 0. The third-order valence-electron chi connectivity index (χ3n) is 5.66. The molecule has 0 saturated heterocycles. The number of allylic oxidation sites excluding steroid dienone is 2. The molecule has 0 aliphatic heterocycles. The summed E-state index contributed by atoms with van der Waals surface area (Å²) in [6.45, 7) is 3.58. The maximum atomic E-state index is 12.1. The SMILES string of the molecule is CCCCC[C@H](O)/C=C/[C@H]1[C@H](O)CC(=O)[C@@H]1C/C=C\CCCC(=O)O.N=C(N)NCCCCN. The van der Waals surface area contributed by atoms with Crippen molar-refractivity contribution in [2.45, 2.75) is 89.8 Å². The number of carbonyl (C=O) groups is 2. The van der Waals surface area contributed by atoms with Crippen molar-refractivity contribution in [2.75, 3.05) is 13.1 Å². The lowest BCUT2D eigenvalue weighted by atomic mass is 9.90. The van der Waals surface area contributed by atoms with Crippen LogP contribution in [0.4, 0.5) is 0 Å². The first kappa shape index (κ1) is 31.8. The quantitative estimate of drug-likeness (QED) is 0.0757. The molecule has 9 nitrogen and oxygen atoms in total. The van der Waals surface area contributed by atoms with Crippen molar-refractivity contribution in [1.82, 2.24) is 5.32 Å². The molecule has 0 aromatic heterocycles. The second-order valence-corrected chi connectivity index (χ2v) is 8.70. The molecule has 0 bridgehead atoms. The number of hydrogen-bond donors (Lipinski definition) is 7. The van der Waals surface area contributed by atoms with Crippen LogP contribution in [-0.4, -0.2) is 58.3 Å². The highest BCUT2D eigenvalue weighted by molar-refractivity contribution is 5.84. The van der Waals surface area contributed by atoms with E-state index in [4.69, 9.17) is 22.0 Å². The molecule has 0 aromatic rings. The fourth-order valence-electron chi connectivity index (χ4n) is 3.71. The van der Waals surface area contributed by atoms with Crippen LogP contribution in [0.5, 0.6) is 0 Å². The Hall–Kier alpha value is -2.23. The number of carbonyl (C=O) groups excluding carboxylic acids is 1. The number of hydrogen-bond acceptors (Lipinski definition) is 6. The largest absolute Gasteiger partial charge is 0.481 e. The van der Waals surface area contributed by atoms with Gasteiger partial charge in [-0.3, -0.25) is 15.0 Å². The number of carboxylic acid groups (broad SMARTS) is 1. The summed E-state index contributed by atoms with van der Waals surface area (Å²) in [5.74, 6) is -1.23. The van der Waals surface area contributed by atoms with Gasteiger partial charge in [0.25, 0.3) is 0 Å². The predicted molar refractivity (Wildman–Crippen MR) is 135 cm³/mol. The van der Waals surface area contributed by atoms with E-state index in [-0.39, 0.29) is 36.4 Å². The minimum absolute atomic E-state index is 0.0343. The monoisotopic (exact) mass is 482 g/mol. The van der Waals surface area contributed by atoms with Crippen molar-refractivity contribution < 1.29 is 24.9 Å². The van der Waals surface area contributed by atoms with E-state index in [1.165, 1.54) is 0 Å². The van der Waals surface area contributed by atoms with Crippen LogP contribution in [0.25, 0.3) is 0 Å². The van der Waals surface area contributed by atoms with Crippen LogP contribution in [0.3, 0.4) is 0 Å². The van der Waals surface area contributed by atoms with E-state index >= 15 is 0 Å². The van der Waals surface area contributed by atoms with Crippen LogP contribution in [0, 0.1) is 17.2 Å². The topological polar surface area (TPSA) is 183 Å². The first-order valence-corrected chi connectivity index (χ1v) is 12.4. The van der Waals surface area contributed by atoms with Crippen molar-refractivity contribution in [3.05, 3.63) is 24.3 Å². The molecule has 9 N–H and O–H groups in total. The fourth-order valence-corrected chi connectivity index (χ4v) is 3.71. The van der Waals surface area contributed by atoms with E-state index in [2.05, 4.69) is 12.2 Å². The second kappa shape index (κ2) is 20.2. The lowest BCUT2D eigenvalue weighted by Crippen LogP contribution is -2.31. The van der Waals surface area contributed by atoms with Crippen LogP contribution >= 0.6 is 0 Å². The van der Waals surface area contributed by atoms with Gasteiger partial charge in [0.1, 0.15) is 5.78 Å². The molecule has 0 heterocycles. The van der Waals surface area contributed by atoms with Gasteiger partial charge in [-0.2, -0.15) is 0 Å². The van der Waals surface area contributed by atoms with Crippen LogP contribution < -0.4 is 16.8 Å². The van der Waals surface area contributed by atoms with Gasteiger partial charge in [-0.1, -0.05) is 50.5 Å². The molecule has 1 fully saturated rings. The van der Waals surface area contributed by atoms with Gasteiger partial charge in [0.15, 0.2) is 5.96 Å². The summed E-state index contributed by atoms with van der Waals surface area (Å²) in [6, 6.07) is 0. The molecule has 0 amide bonds. The first-order chi connectivity index (χ1) is 16.2. The van der Waals surface area contributed by atoms with Crippen molar-refractivity contribution in [2.24, 2.45) is 23.3 Å². The zero-order chi connectivity index (χ0) is 25.8. The van der Waals surface area contributed by atoms with Crippen LogP contribution in [-0.2, 0) is 9.59 Å². The highest BCUT2D eigenvalue weighted by Crippen LogP contribution is 2.33. The number of rotatable bonds is 16. The third kappa shape index (κ3) is 16.4. The third-order valence-corrected chi connectivity index (χ3v) is 5.66. The molecule has 34 heavy (non-hydrogen) atoms. The van der Waals surface area contributed by atoms with Gasteiger partial charge in [-0.05, 0) is 45.1 Å². The number of aliphatic hydroxyl groups excluding tert-OH is 2. The lowest BCUT2D eigenvalue weighted by molar-refractivity contribution is -0.137.